The fourth-order valence-corrected chi connectivity index (χ4v) is 2.07. The van der Waals surface area contributed by atoms with E-state index < -0.39 is 0 Å². The molecule has 106 valence electrons. The highest BCUT2D eigenvalue weighted by Crippen LogP contribution is 2.23. The van der Waals surface area contributed by atoms with Crippen LogP contribution in [-0.2, 0) is 12.0 Å². The van der Waals surface area contributed by atoms with Crippen LogP contribution >= 0.6 is 0 Å². The number of aromatic nitrogens is 2. The van der Waals surface area contributed by atoms with Gasteiger partial charge in [-0.1, -0.05) is 32.9 Å². The van der Waals surface area contributed by atoms with Gasteiger partial charge in [-0.3, -0.25) is 0 Å². The predicted octanol–water partition coefficient (Wildman–Crippen LogP) is 4.00. The van der Waals surface area contributed by atoms with Crippen molar-refractivity contribution in [3.05, 3.63) is 53.1 Å². The van der Waals surface area contributed by atoms with E-state index in [-0.39, 0.29) is 5.41 Å². The van der Waals surface area contributed by atoms with Crippen LogP contribution in [0.3, 0.4) is 0 Å². The second-order valence-electron chi connectivity index (χ2n) is 6.21. The molecule has 3 nitrogen and oxygen atoms in total. The van der Waals surface area contributed by atoms with Gasteiger partial charge in [-0.25, -0.2) is 9.97 Å². The molecule has 0 aliphatic carbocycles. The van der Waals surface area contributed by atoms with Crippen LogP contribution in [0.2, 0.25) is 0 Å². The van der Waals surface area contributed by atoms with Crippen LogP contribution in [0.25, 0.3) is 0 Å². The van der Waals surface area contributed by atoms with Crippen molar-refractivity contribution in [2.24, 2.45) is 0 Å². The summed E-state index contributed by atoms with van der Waals surface area (Å²) < 4.78 is 0. The van der Waals surface area contributed by atoms with Crippen LogP contribution < -0.4 is 5.32 Å². The van der Waals surface area contributed by atoms with Crippen molar-refractivity contribution in [3.63, 3.8) is 0 Å². The molecule has 0 saturated heterocycles. The van der Waals surface area contributed by atoms with Gasteiger partial charge in [0.2, 0.25) is 0 Å². The molecule has 20 heavy (non-hydrogen) atoms. The number of anilines is 1. The molecule has 1 N–H and O–H groups in total. The van der Waals surface area contributed by atoms with Crippen molar-refractivity contribution >= 4 is 5.69 Å². The Hall–Kier alpha value is -1.90. The maximum absolute atomic E-state index is 4.38. The SMILES string of the molecule is Cc1ncc(CNc2ccc(C(C)(C)C)cc2)c(C)n1. The molecule has 1 aromatic carbocycles. The largest absolute Gasteiger partial charge is 0.381 e. The minimum absolute atomic E-state index is 0.194. The van der Waals surface area contributed by atoms with E-state index in [4.69, 9.17) is 0 Å². The monoisotopic (exact) mass is 269 g/mol. The van der Waals surface area contributed by atoms with Gasteiger partial charge in [0.15, 0.2) is 0 Å². The molecule has 0 unspecified atom stereocenters. The highest BCUT2D eigenvalue weighted by Gasteiger charge is 2.12. The summed E-state index contributed by atoms with van der Waals surface area (Å²) in [7, 11) is 0. The van der Waals surface area contributed by atoms with E-state index >= 15 is 0 Å². The molecule has 3 heteroatoms. The van der Waals surface area contributed by atoms with E-state index in [9.17, 15) is 0 Å². The quantitative estimate of drug-likeness (QED) is 0.915. The normalized spacial score (nSPS) is 11.4. The Morgan fingerprint density at radius 1 is 1.05 bits per heavy atom. The van der Waals surface area contributed by atoms with Crippen LogP contribution in [0.15, 0.2) is 30.5 Å². The Morgan fingerprint density at radius 2 is 1.70 bits per heavy atom. The third-order valence-electron chi connectivity index (χ3n) is 3.44. The van der Waals surface area contributed by atoms with Crippen LogP contribution in [0.1, 0.15) is 43.4 Å². The summed E-state index contributed by atoms with van der Waals surface area (Å²) in [4.78, 5) is 8.63. The second-order valence-corrected chi connectivity index (χ2v) is 6.21. The molecule has 0 spiro atoms. The van der Waals surface area contributed by atoms with Gasteiger partial charge in [0.25, 0.3) is 0 Å². The van der Waals surface area contributed by atoms with Crippen molar-refractivity contribution in [3.8, 4) is 0 Å². The van der Waals surface area contributed by atoms with Crippen LogP contribution in [0.4, 0.5) is 5.69 Å². The lowest BCUT2D eigenvalue weighted by molar-refractivity contribution is 0.590. The molecule has 0 fully saturated rings. The predicted molar refractivity (Wildman–Crippen MR) is 84.0 cm³/mol. The lowest BCUT2D eigenvalue weighted by atomic mass is 9.87. The first-order valence-corrected chi connectivity index (χ1v) is 7.00. The van der Waals surface area contributed by atoms with E-state index in [1.54, 1.807) is 0 Å². The lowest BCUT2D eigenvalue weighted by Gasteiger charge is -2.19. The van der Waals surface area contributed by atoms with E-state index in [0.717, 1.165) is 29.3 Å². The number of rotatable bonds is 3. The first kappa shape index (κ1) is 14.5. The third kappa shape index (κ3) is 3.56. The molecule has 0 saturated carbocycles. The van der Waals surface area contributed by atoms with E-state index in [2.05, 4.69) is 60.3 Å². The number of nitrogens with one attached hydrogen (secondary N) is 1. The summed E-state index contributed by atoms with van der Waals surface area (Å²) in [5, 5.41) is 3.42. The van der Waals surface area contributed by atoms with Gasteiger partial charge in [-0.2, -0.15) is 0 Å². The van der Waals surface area contributed by atoms with E-state index in [1.165, 1.54) is 5.56 Å². The maximum Gasteiger partial charge on any atom is 0.125 e. The minimum atomic E-state index is 0.194. The Labute approximate surface area is 121 Å². The summed E-state index contributed by atoms with van der Waals surface area (Å²) in [6, 6.07) is 8.62. The van der Waals surface area contributed by atoms with Crippen LogP contribution in [-0.4, -0.2) is 9.97 Å². The van der Waals surface area contributed by atoms with Gasteiger partial charge in [0.1, 0.15) is 5.82 Å². The van der Waals surface area contributed by atoms with Crippen LogP contribution in [0, 0.1) is 13.8 Å². The molecule has 0 aliphatic heterocycles. The minimum Gasteiger partial charge on any atom is -0.381 e. The molecule has 0 radical (unpaired) electrons. The highest BCUT2D eigenvalue weighted by molar-refractivity contribution is 5.46. The molecule has 2 aromatic rings. The highest BCUT2D eigenvalue weighted by atomic mass is 14.9. The molecule has 0 amide bonds. The number of hydrogen-bond donors (Lipinski definition) is 1. The first-order chi connectivity index (χ1) is 9.36. The van der Waals surface area contributed by atoms with Crippen LogP contribution in [0.5, 0.6) is 0 Å². The molecule has 0 atom stereocenters. The van der Waals surface area contributed by atoms with Gasteiger partial charge in [-0.05, 0) is 37.0 Å². The van der Waals surface area contributed by atoms with Crippen molar-refractivity contribution < 1.29 is 0 Å². The average Bonchev–Trinajstić information content (AvgIpc) is 2.37. The molecule has 0 bridgehead atoms. The van der Waals surface area contributed by atoms with Gasteiger partial charge in [0, 0.05) is 29.7 Å². The summed E-state index contributed by atoms with van der Waals surface area (Å²) in [6.45, 7) is 11.4. The lowest BCUT2D eigenvalue weighted by Crippen LogP contribution is -2.11. The summed E-state index contributed by atoms with van der Waals surface area (Å²) >= 11 is 0. The summed E-state index contributed by atoms with van der Waals surface area (Å²) in [5.41, 5.74) is 4.84. The standard InChI is InChI=1S/C17H23N3/c1-12-14(10-18-13(2)20-12)11-19-16-8-6-15(7-9-16)17(3,4)5/h6-10,19H,11H2,1-5H3. The molecule has 2 rings (SSSR count). The number of hydrogen-bond acceptors (Lipinski definition) is 3. The Balaban J connectivity index is 2.04. The average molecular weight is 269 g/mol. The molecule has 0 aliphatic rings. The zero-order valence-corrected chi connectivity index (χ0v) is 13.0. The fraction of sp³-hybridized carbons (Fsp3) is 0.412. The number of aryl methyl sites for hydroxylation is 2. The van der Waals surface area contributed by atoms with Crippen molar-refractivity contribution in [2.75, 3.05) is 5.32 Å². The Bertz CT molecular complexity index is 580. The summed E-state index contributed by atoms with van der Waals surface area (Å²) in [5.74, 6) is 0.820. The van der Waals surface area contributed by atoms with Crippen molar-refractivity contribution in [1.29, 1.82) is 0 Å². The Kier molecular flexibility index (Phi) is 4.07. The van der Waals surface area contributed by atoms with E-state index in [1.807, 2.05) is 20.0 Å². The molecular formula is C17H23N3. The number of benzene rings is 1. The van der Waals surface area contributed by atoms with Gasteiger partial charge in [-0.15, -0.1) is 0 Å². The first-order valence-electron chi connectivity index (χ1n) is 7.00. The molecule has 1 aromatic heterocycles. The zero-order chi connectivity index (χ0) is 14.8. The van der Waals surface area contributed by atoms with Crippen molar-refractivity contribution in [2.45, 2.75) is 46.6 Å². The fourth-order valence-electron chi connectivity index (χ4n) is 2.07. The van der Waals surface area contributed by atoms with Gasteiger partial charge in [0.05, 0.1) is 0 Å². The topological polar surface area (TPSA) is 37.8 Å². The zero-order valence-electron chi connectivity index (χ0n) is 13.0. The Morgan fingerprint density at radius 3 is 2.25 bits per heavy atom. The second kappa shape index (κ2) is 5.61. The van der Waals surface area contributed by atoms with Gasteiger partial charge < -0.3 is 5.32 Å². The van der Waals surface area contributed by atoms with Gasteiger partial charge >= 0.3 is 0 Å². The summed E-state index contributed by atoms with van der Waals surface area (Å²) in [6.07, 6.45) is 1.90. The molecular weight excluding hydrogens is 246 g/mol. The smallest absolute Gasteiger partial charge is 0.125 e. The van der Waals surface area contributed by atoms with Crippen molar-refractivity contribution in [1.82, 2.24) is 9.97 Å². The maximum atomic E-state index is 4.38. The third-order valence-corrected chi connectivity index (χ3v) is 3.44. The van der Waals surface area contributed by atoms with E-state index in [0.29, 0.717) is 0 Å². The number of nitrogens with zero attached hydrogens (tertiary/aromatic N) is 2. The molecule has 1 heterocycles.